The number of hydrogen-bond acceptors (Lipinski definition) is 5. The van der Waals surface area contributed by atoms with E-state index in [2.05, 4.69) is 37.6 Å². The summed E-state index contributed by atoms with van der Waals surface area (Å²) in [5, 5.41) is 6.91. The van der Waals surface area contributed by atoms with Gasteiger partial charge in [0.1, 0.15) is 6.33 Å². The number of amides is 4. The van der Waals surface area contributed by atoms with Crippen LogP contribution in [-0.2, 0) is 0 Å². The van der Waals surface area contributed by atoms with Gasteiger partial charge in [0.25, 0.3) is 0 Å². The molecule has 0 bridgehead atoms. The van der Waals surface area contributed by atoms with Crippen LogP contribution in [0.2, 0.25) is 0 Å². The largest absolute Gasteiger partial charge is 0.372 e. The van der Waals surface area contributed by atoms with Crippen LogP contribution < -0.4 is 20.4 Å². The molecule has 2 aromatic carbocycles. The number of carbonyl (C=O) groups excluding carboxylic acids is 2. The van der Waals surface area contributed by atoms with Crippen molar-refractivity contribution in [3.63, 3.8) is 0 Å². The summed E-state index contributed by atoms with van der Waals surface area (Å²) in [6.45, 7) is 4.89. The summed E-state index contributed by atoms with van der Waals surface area (Å²) in [4.78, 5) is 40.0. The molecule has 9 heteroatoms. The van der Waals surface area contributed by atoms with Crippen molar-refractivity contribution in [3.8, 4) is 0 Å². The summed E-state index contributed by atoms with van der Waals surface area (Å²) in [5.41, 5.74) is 4.76. The molecule has 2 N–H and O–H groups in total. The normalized spacial score (nSPS) is 18.7. The molecule has 186 valence electrons. The monoisotopic (exact) mass is 485 g/mol. The number of hydrogen-bond donors (Lipinski definition) is 2. The van der Waals surface area contributed by atoms with Crippen LogP contribution in [0.25, 0.3) is 10.9 Å². The fourth-order valence-electron chi connectivity index (χ4n) is 5.57. The standard InChI is InChI=1S/C27H31N7O2/c35-26-28-11-16-34(26)22-7-8-23-24(17-22)29-18-30-25(23)19-9-14-33(15-10-19)27(36)31-20-3-5-21(6-4-20)32-12-1-2-13-32/h3-8,17-19H,1-2,9-16H2,(H,28,35)(H,31,36). The number of nitrogens with one attached hydrogen (secondary N) is 2. The van der Waals surface area contributed by atoms with E-state index in [9.17, 15) is 9.59 Å². The van der Waals surface area contributed by atoms with Gasteiger partial charge in [0.2, 0.25) is 0 Å². The fraction of sp³-hybridized carbons (Fsp3) is 0.407. The van der Waals surface area contributed by atoms with E-state index in [0.29, 0.717) is 26.2 Å². The zero-order valence-electron chi connectivity index (χ0n) is 20.3. The Morgan fingerprint density at radius 2 is 1.67 bits per heavy atom. The second-order valence-electron chi connectivity index (χ2n) is 9.78. The van der Waals surface area contributed by atoms with Gasteiger partial charge in [0.05, 0.1) is 11.2 Å². The first-order chi connectivity index (χ1) is 17.7. The number of carbonyl (C=O) groups is 2. The average Bonchev–Trinajstić information content (AvgIpc) is 3.61. The number of urea groups is 2. The number of benzene rings is 2. The maximum absolute atomic E-state index is 12.9. The second kappa shape index (κ2) is 9.64. The Kier molecular flexibility index (Phi) is 6.04. The Labute approximate surface area is 210 Å². The van der Waals surface area contributed by atoms with Crippen LogP contribution in [0.4, 0.5) is 26.7 Å². The van der Waals surface area contributed by atoms with Crippen molar-refractivity contribution in [3.05, 3.63) is 54.5 Å². The van der Waals surface area contributed by atoms with Gasteiger partial charge in [-0.1, -0.05) is 0 Å². The Balaban J connectivity index is 1.09. The minimum absolute atomic E-state index is 0.0524. The Hall–Kier alpha value is -3.88. The van der Waals surface area contributed by atoms with Crippen LogP contribution >= 0.6 is 0 Å². The summed E-state index contributed by atoms with van der Waals surface area (Å²) in [5.74, 6) is 0.264. The predicted molar refractivity (Wildman–Crippen MR) is 141 cm³/mol. The zero-order chi connectivity index (χ0) is 24.5. The first-order valence-corrected chi connectivity index (χ1v) is 12.9. The van der Waals surface area contributed by atoms with Gasteiger partial charge in [-0.2, -0.15) is 0 Å². The minimum atomic E-state index is -0.0724. The van der Waals surface area contributed by atoms with Gasteiger partial charge < -0.3 is 20.4 Å². The Bertz CT molecular complexity index is 1260. The highest BCUT2D eigenvalue weighted by atomic mass is 16.2. The van der Waals surface area contributed by atoms with E-state index < -0.39 is 0 Å². The predicted octanol–water partition coefficient (Wildman–Crippen LogP) is 4.17. The lowest BCUT2D eigenvalue weighted by molar-refractivity contribution is 0.194. The van der Waals surface area contributed by atoms with E-state index in [1.807, 2.05) is 35.2 Å². The molecular formula is C27H31N7O2. The van der Waals surface area contributed by atoms with Crippen LogP contribution in [-0.4, -0.2) is 66.2 Å². The molecule has 3 aliphatic heterocycles. The molecule has 1 aromatic heterocycles. The molecule has 0 aliphatic carbocycles. The third-order valence-electron chi connectivity index (χ3n) is 7.58. The summed E-state index contributed by atoms with van der Waals surface area (Å²) in [6, 6.07) is 14.0. The molecule has 0 atom stereocenters. The quantitative estimate of drug-likeness (QED) is 0.579. The average molecular weight is 486 g/mol. The fourth-order valence-corrected chi connectivity index (χ4v) is 5.57. The third-order valence-corrected chi connectivity index (χ3v) is 7.58. The highest BCUT2D eigenvalue weighted by Gasteiger charge is 2.27. The van der Waals surface area contributed by atoms with Crippen LogP contribution in [0.3, 0.4) is 0 Å². The molecule has 0 spiro atoms. The molecule has 36 heavy (non-hydrogen) atoms. The van der Waals surface area contributed by atoms with Gasteiger partial charge in [-0.15, -0.1) is 0 Å². The summed E-state index contributed by atoms with van der Waals surface area (Å²) < 4.78 is 0. The number of nitrogens with zero attached hydrogens (tertiary/aromatic N) is 5. The van der Waals surface area contributed by atoms with Gasteiger partial charge in [-0.25, -0.2) is 19.6 Å². The SMILES string of the molecule is O=C(Nc1ccc(N2CCCC2)cc1)N1CCC(c2ncnc3cc(N4CCNC4=O)ccc23)CC1. The Morgan fingerprint density at radius 1 is 0.917 bits per heavy atom. The van der Waals surface area contributed by atoms with Crippen molar-refractivity contribution in [1.82, 2.24) is 20.2 Å². The molecule has 3 saturated heterocycles. The van der Waals surface area contributed by atoms with Crippen molar-refractivity contribution in [2.45, 2.75) is 31.6 Å². The van der Waals surface area contributed by atoms with Gasteiger partial charge in [0.15, 0.2) is 0 Å². The lowest BCUT2D eigenvalue weighted by Gasteiger charge is -2.32. The number of piperidine rings is 1. The highest BCUT2D eigenvalue weighted by molar-refractivity contribution is 5.96. The number of likely N-dealkylation sites (tertiary alicyclic amines) is 1. The number of fused-ring (bicyclic) bond motifs is 1. The molecule has 0 radical (unpaired) electrons. The van der Waals surface area contributed by atoms with Gasteiger partial charge in [-0.05, 0) is 68.1 Å². The van der Waals surface area contributed by atoms with Crippen LogP contribution in [0, 0.1) is 0 Å². The number of rotatable bonds is 4. The van der Waals surface area contributed by atoms with Crippen LogP contribution in [0.5, 0.6) is 0 Å². The van der Waals surface area contributed by atoms with Gasteiger partial charge in [0, 0.05) is 67.6 Å². The zero-order valence-corrected chi connectivity index (χ0v) is 20.3. The van der Waals surface area contributed by atoms with Gasteiger partial charge in [-0.3, -0.25) is 4.90 Å². The van der Waals surface area contributed by atoms with Crippen molar-refractivity contribution >= 4 is 40.0 Å². The van der Waals surface area contributed by atoms with Crippen LogP contribution in [0.15, 0.2) is 48.8 Å². The molecule has 3 aliphatic rings. The van der Waals surface area contributed by atoms with Crippen molar-refractivity contribution in [2.24, 2.45) is 0 Å². The molecule has 4 amide bonds. The molecule has 0 saturated carbocycles. The Morgan fingerprint density at radius 3 is 2.39 bits per heavy atom. The first kappa shape index (κ1) is 22.6. The summed E-state index contributed by atoms with van der Waals surface area (Å²) in [6.07, 6.45) is 5.80. The van der Waals surface area contributed by atoms with Crippen LogP contribution in [0.1, 0.15) is 37.3 Å². The maximum atomic E-state index is 12.9. The van der Waals surface area contributed by atoms with E-state index in [1.54, 1.807) is 11.2 Å². The van der Waals surface area contributed by atoms with E-state index in [4.69, 9.17) is 0 Å². The molecule has 4 heterocycles. The molecule has 0 unspecified atom stereocenters. The van der Waals surface area contributed by atoms with Crippen molar-refractivity contribution in [2.75, 3.05) is 54.4 Å². The lowest BCUT2D eigenvalue weighted by atomic mass is 9.91. The smallest absolute Gasteiger partial charge is 0.321 e. The molecule has 9 nitrogen and oxygen atoms in total. The van der Waals surface area contributed by atoms with Crippen molar-refractivity contribution < 1.29 is 9.59 Å². The first-order valence-electron chi connectivity index (χ1n) is 12.9. The maximum Gasteiger partial charge on any atom is 0.321 e. The van der Waals surface area contributed by atoms with E-state index in [-0.39, 0.29) is 18.0 Å². The van der Waals surface area contributed by atoms with E-state index >= 15 is 0 Å². The second-order valence-corrected chi connectivity index (χ2v) is 9.78. The topological polar surface area (TPSA) is 93.7 Å². The lowest BCUT2D eigenvalue weighted by Crippen LogP contribution is -2.40. The third kappa shape index (κ3) is 4.41. The summed E-state index contributed by atoms with van der Waals surface area (Å²) >= 11 is 0. The molecule has 3 aromatic rings. The molecular weight excluding hydrogens is 454 g/mol. The van der Waals surface area contributed by atoms with E-state index in [1.165, 1.54) is 18.5 Å². The van der Waals surface area contributed by atoms with Gasteiger partial charge >= 0.3 is 12.1 Å². The van der Waals surface area contributed by atoms with E-state index in [0.717, 1.165) is 53.9 Å². The summed E-state index contributed by atoms with van der Waals surface area (Å²) in [7, 11) is 0. The number of anilines is 3. The minimum Gasteiger partial charge on any atom is -0.372 e. The number of aromatic nitrogens is 2. The molecule has 3 fully saturated rings. The highest BCUT2D eigenvalue weighted by Crippen LogP contribution is 2.33. The van der Waals surface area contributed by atoms with Crippen molar-refractivity contribution in [1.29, 1.82) is 0 Å². The molecule has 6 rings (SSSR count).